The van der Waals surface area contributed by atoms with Gasteiger partial charge in [-0.3, -0.25) is 4.79 Å². The SMILES string of the molecule is CC(C)(CC(C)(C)OCCC(C)(C)NS(=O)(=O)C(C)(C)C)CC(C)(C)C(=O)O. The summed E-state index contributed by atoms with van der Waals surface area (Å²) in [4.78, 5) is 11.4. The highest BCUT2D eigenvalue weighted by Crippen LogP contribution is 2.40. The van der Waals surface area contributed by atoms with E-state index in [1.165, 1.54) is 0 Å². The highest BCUT2D eigenvalue weighted by atomic mass is 32.2. The Balaban J connectivity index is 4.86. The lowest BCUT2D eigenvalue weighted by Gasteiger charge is -2.39. The molecular weight excluding hydrogens is 378 g/mol. The van der Waals surface area contributed by atoms with Crippen LogP contribution in [0.4, 0.5) is 0 Å². The van der Waals surface area contributed by atoms with Crippen molar-refractivity contribution in [1.29, 1.82) is 0 Å². The normalized spacial score (nSPS) is 15.0. The van der Waals surface area contributed by atoms with Crippen LogP contribution in [0.25, 0.3) is 0 Å². The Labute approximate surface area is 172 Å². The molecule has 0 aliphatic carbocycles. The minimum Gasteiger partial charge on any atom is -0.481 e. The molecule has 2 N–H and O–H groups in total. The lowest BCUT2D eigenvalue weighted by atomic mass is 9.70. The van der Waals surface area contributed by atoms with Crippen molar-refractivity contribution in [2.45, 2.75) is 111 Å². The highest BCUT2D eigenvalue weighted by molar-refractivity contribution is 7.90. The van der Waals surface area contributed by atoms with Crippen LogP contribution in [0.5, 0.6) is 0 Å². The average molecular weight is 422 g/mol. The number of ether oxygens (including phenoxy) is 1. The minimum atomic E-state index is -3.44. The molecule has 0 saturated heterocycles. The third kappa shape index (κ3) is 9.23. The van der Waals surface area contributed by atoms with E-state index in [4.69, 9.17) is 4.74 Å². The lowest BCUT2D eigenvalue weighted by Crippen LogP contribution is -2.50. The molecule has 0 aliphatic rings. The Hall–Kier alpha value is -0.660. The van der Waals surface area contributed by atoms with Crippen LogP contribution in [0.1, 0.15) is 95.4 Å². The van der Waals surface area contributed by atoms with Gasteiger partial charge in [-0.2, -0.15) is 0 Å². The van der Waals surface area contributed by atoms with Gasteiger partial charge in [-0.05, 0) is 87.0 Å². The second-order valence-corrected chi connectivity index (χ2v) is 14.1. The van der Waals surface area contributed by atoms with Crippen molar-refractivity contribution in [2.75, 3.05) is 6.61 Å². The molecule has 0 saturated carbocycles. The maximum Gasteiger partial charge on any atom is 0.309 e. The standard InChI is InChI=1S/C21H43NO5S/c1-17(2,3)28(25,26)22-20(8,9)12-13-27-21(10,11)15-18(4,5)14-19(6,7)16(23)24/h22H,12-15H2,1-11H3,(H,23,24). The van der Waals surface area contributed by atoms with E-state index in [0.29, 0.717) is 25.9 Å². The number of hydrogen-bond donors (Lipinski definition) is 2. The zero-order valence-corrected chi connectivity index (χ0v) is 20.6. The quantitative estimate of drug-likeness (QED) is 0.509. The summed E-state index contributed by atoms with van der Waals surface area (Å²) >= 11 is 0. The van der Waals surface area contributed by atoms with Crippen LogP contribution in [0.2, 0.25) is 0 Å². The van der Waals surface area contributed by atoms with Crippen LogP contribution in [0.15, 0.2) is 0 Å². The number of sulfonamides is 1. The zero-order chi connectivity index (χ0) is 22.8. The summed E-state index contributed by atoms with van der Waals surface area (Å²) in [6.45, 7) is 20.7. The fraction of sp³-hybridized carbons (Fsp3) is 0.952. The maximum absolute atomic E-state index is 12.4. The van der Waals surface area contributed by atoms with E-state index in [9.17, 15) is 18.3 Å². The molecular formula is C21H43NO5S. The van der Waals surface area contributed by atoms with Crippen molar-refractivity contribution in [1.82, 2.24) is 4.72 Å². The van der Waals surface area contributed by atoms with Crippen LogP contribution >= 0.6 is 0 Å². The molecule has 0 fully saturated rings. The van der Waals surface area contributed by atoms with E-state index < -0.39 is 37.3 Å². The van der Waals surface area contributed by atoms with Crippen molar-refractivity contribution < 1.29 is 23.1 Å². The van der Waals surface area contributed by atoms with Gasteiger partial charge in [0.05, 0.1) is 15.8 Å². The molecule has 0 aliphatic heterocycles. The second-order valence-electron chi connectivity index (χ2n) is 11.7. The Morgan fingerprint density at radius 3 is 1.75 bits per heavy atom. The zero-order valence-electron chi connectivity index (χ0n) is 19.8. The van der Waals surface area contributed by atoms with Gasteiger partial charge in [-0.15, -0.1) is 0 Å². The summed E-state index contributed by atoms with van der Waals surface area (Å²) in [5, 5.41) is 9.40. The second kappa shape index (κ2) is 8.60. The van der Waals surface area contributed by atoms with Gasteiger partial charge in [0, 0.05) is 12.1 Å². The monoisotopic (exact) mass is 421 g/mol. The number of carboxylic acid groups (broad SMARTS) is 1. The van der Waals surface area contributed by atoms with Gasteiger partial charge in [0.2, 0.25) is 10.0 Å². The number of carbonyl (C=O) groups is 1. The third-order valence-corrected chi connectivity index (χ3v) is 7.27. The Bertz CT molecular complexity index is 640. The molecule has 0 rings (SSSR count). The number of carboxylic acids is 1. The fourth-order valence-corrected chi connectivity index (χ4v) is 4.82. The Kier molecular flexibility index (Phi) is 8.40. The Morgan fingerprint density at radius 1 is 0.893 bits per heavy atom. The van der Waals surface area contributed by atoms with Crippen molar-refractivity contribution >= 4 is 16.0 Å². The van der Waals surface area contributed by atoms with Crippen molar-refractivity contribution in [2.24, 2.45) is 10.8 Å². The van der Waals surface area contributed by atoms with E-state index in [1.807, 2.05) is 27.7 Å². The third-order valence-electron chi connectivity index (χ3n) is 4.84. The summed E-state index contributed by atoms with van der Waals surface area (Å²) in [5.74, 6) is -0.799. The molecule has 0 aromatic rings. The van der Waals surface area contributed by atoms with Gasteiger partial charge in [0.1, 0.15) is 0 Å². The van der Waals surface area contributed by atoms with Crippen LogP contribution in [-0.4, -0.2) is 42.0 Å². The first-order chi connectivity index (χ1) is 12.0. The molecule has 6 nitrogen and oxygen atoms in total. The molecule has 0 atom stereocenters. The van der Waals surface area contributed by atoms with E-state index in [2.05, 4.69) is 18.6 Å². The molecule has 0 bridgehead atoms. The summed E-state index contributed by atoms with van der Waals surface area (Å²) in [6.07, 6.45) is 1.77. The molecule has 0 unspecified atom stereocenters. The highest BCUT2D eigenvalue weighted by Gasteiger charge is 2.39. The van der Waals surface area contributed by atoms with Crippen LogP contribution in [0.3, 0.4) is 0 Å². The molecule has 0 aromatic carbocycles. The predicted octanol–water partition coefficient (Wildman–Crippen LogP) is 4.59. The van der Waals surface area contributed by atoms with Gasteiger partial charge >= 0.3 is 5.97 Å². The van der Waals surface area contributed by atoms with Crippen LogP contribution < -0.4 is 4.72 Å². The van der Waals surface area contributed by atoms with Crippen molar-refractivity contribution in [3.63, 3.8) is 0 Å². The van der Waals surface area contributed by atoms with Gasteiger partial charge in [-0.1, -0.05) is 13.8 Å². The van der Waals surface area contributed by atoms with E-state index in [0.717, 1.165) is 0 Å². The van der Waals surface area contributed by atoms with E-state index >= 15 is 0 Å². The van der Waals surface area contributed by atoms with Gasteiger partial charge < -0.3 is 9.84 Å². The topological polar surface area (TPSA) is 92.7 Å². The summed E-state index contributed by atoms with van der Waals surface area (Å²) in [7, 11) is -3.44. The van der Waals surface area contributed by atoms with Crippen molar-refractivity contribution in [3.8, 4) is 0 Å². The molecule has 28 heavy (non-hydrogen) atoms. The number of hydrogen-bond acceptors (Lipinski definition) is 4. The molecule has 168 valence electrons. The summed E-state index contributed by atoms with van der Waals surface area (Å²) < 4.78 is 32.8. The largest absolute Gasteiger partial charge is 0.481 e. The van der Waals surface area contributed by atoms with E-state index in [-0.39, 0.29) is 5.41 Å². The fourth-order valence-electron chi connectivity index (χ4n) is 3.69. The van der Waals surface area contributed by atoms with Gasteiger partial charge in [-0.25, -0.2) is 13.1 Å². The van der Waals surface area contributed by atoms with Crippen LogP contribution in [-0.2, 0) is 19.6 Å². The predicted molar refractivity (Wildman–Crippen MR) is 115 cm³/mol. The van der Waals surface area contributed by atoms with Gasteiger partial charge in [0.25, 0.3) is 0 Å². The molecule has 0 radical (unpaired) electrons. The smallest absolute Gasteiger partial charge is 0.309 e. The first kappa shape index (κ1) is 27.3. The Morgan fingerprint density at radius 2 is 1.36 bits per heavy atom. The molecule has 7 heteroatoms. The number of nitrogens with one attached hydrogen (secondary N) is 1. The molecule has 0 heterocycles. The minimum absolute atomic E-state index is 0.214. The molecule has 0 spiro atoms. The summed E-state index contributed by atoms with van der Waals surface area (Å²) in [6, 6.07) is 0. The van der Waals surface area contributed by atoms with Crippen LogP contribution in [0, 0.1) is 10.8 Å². The maximum atomic E-state index is 12.4. The molecule has 0 amide bonds. The first-order valence-corrected chi connectivity index (χ1v) is 11.4. The number of aliphatic carboxylic acids is 1. The summed E-state index contributed by atoms with van der Waals surface area (Å²) in [5.41, 5.74) is -2.08. The first-order valence-electron chi connectivity index (χ1n) is 9.93. The van der Waals surface area contributed by atoms with Crippen molar-refractivity contribution in [3.05, 3.63) is 0 Å². The van der Waals surface area contributed by atoms with Gasteiger partial charge in [0.15, 0.2) is 0 Å². The number of rotatable bonds is 11. The lowest BCUT2D eigenvalue weighted by molar-refractivity contribution is -0.149. The van der Waals surface area contributed by atoms with E-state index in [1.54, 1.807) is 34.6 Å². The average Bonchev–Trinajstić information content (AvgIpc) is 2.31. The molecule has 0 aromatic heterocycles.